The van der Waals surface area contributed by atoms with Crippen LogP contribution in [0, 0.1) is 0 Å². The number of H-pyrrole nitrogens is 1. The van der Waals surface area contributed by atoms with Crippen LogP contribution in [0.1, 0.15) is 6.42 Å². The number of carbonyl (C=O) groups is 1. The van der Waals surface area contributed by atoms with Crippen molar-refractivity contribution in [1.29, 1.82) is 0 Å². The number of nitrogen functional groups attached to an aromatic ring is 1. The quantitative estimate of drug-likeness (QED) is 0.415. The Balaban J connectivity index is 1.99. The molecule has 0 fully saturated rings. The molecule has 2 heterocycles. The van der Waals surface area contributed by atoms with Crippen LogP contribution in [0.3, 0.4) is 0 Å². The molecule has 1 amide bonds. The van der Waals surface area contributed by atoms with Crippen LogP contribution in [-0.2, 0) is 4.79 Å². The predicted octanol–water partition coefficient (Wildman–Crippen LogP) is -1.99. The second-order valence-corrected chi connectivity index (χ2v) is 4.14. The van der Waals surface area contributed by atoms with Crippen LogP contribution in [-0.4, -0.2) is 42.2 Å². The van der Waals surface area contributed by atoms with Crippen LogP contribution < -0.4 is 32.6 Å². The molecule has 9 nitrogen and oxygen atoms in total. The van der Waals surface area contributed by atoms with Crippen LogP contribution in [0.25, 0.3) is 0 Å². The van der Waals surface area contributed by atoms with E-state index in [1.54, 1.807) is 4.90 Å². The fourth-order valence-corrected chi connectivity index (χ4v) is 1.84. The zero-order chi connectivity index (χ0) is 13.8. The average molecular weight is 267 g/mol. The highest BCUT2D eigenvalue weighted by Crippen LogP contribution is 2.25. The fraction of sp³-hybridized carbons (Fsp3) is 0.500. The van der Waals surface area contributed by atoms with E-state index < -0.39 is 0 Å². The number of nitrogens with zero attached hydrogens (tertiary/aromatic N) is 2. The first-order chi connectivity index (χ1) is 9.11. The van der Waals surface area contributed by atoms with E-state index in [0.717, 1.165) is 0 Å². The topological polar surface area (TPSA) is 142 Å². The van der Waals surface area contributed by atoms with Gasteiger partial charge in [-0.25, -0.2) is 0 Å². The Morgan fingerprint density at radius 2 is 2.32 bits per heavy atom. The van der Waals surface area contributed by atoms with E-state index in [9.17, 15) is 9.59 Å². The standard InChI is InChI=1S/C10H17N7O2/c11-2-3-13-6(18)1-4-17-5-14-7-8(17)15-10(12)16-9(7)19/h14H,1-5,11H2,(H,13,18)(H3,12,15,16,19). The lowest BCUT2D eigenvalue weighted by Gasteiger charge is -2.16. The third kappa shape index (κ3) is 2.94. The van der Waals surface area contributed by atoms with E-state index in [0.29, 0.717) is 44.2 Å². The minimum absolute atomic E-state index is 0.0602. The minimum Gasteiger partial charge on any atom is -0.369 e. The minimum atomic E-state index is -0.308. The molecule has 104 valence electrons. The summed E-state index contributed by atoms with van der Waals surface area (Å²) < 4.78 is 0. The first-order valence-electron chi connectivity index (χ1n) is 5.97. The molecule has 9 heteroatoms. The van der Waals surface area contributed by atoms with Crippen molar-refractivity contribution in [2.24, 2.45) is 5.73 Å². The third-order valence-electron chi connectivity index (χ3n) is 2.74. The number of fused-ring (bicyclic) bond motifs is 1. The van der Waals surface area contributed by atoms with Gasteiger partial charge in [-0.1, -0.05) is 0 Å². The number of rotatable bonds is 5. The molecule has 0 spiro atoms. The largest absolute Gasteiger partial charge is 0.369 e. The van der Waals surface area contributed by atoms with Crippen LogP contribution >= 0.6 is 0 Å². The summed E-state index contributed by atoms with van der Waals surface area (Å²) in [6.07, 6.45) is 0.301. The lowest BCUT2D eigenvalue weighted by Crippen LogP contribution is -2.33. The van der Waals surface area contributed by atoms with Gasteiger partial charge in [0.25, 0.3) is 5.56 Å². The van der Waals surface area contributed by atoms with E-state index in [-0.39, 0.29) is 17.4 Å². The molecule has 1 aromatic heterocycles. The Morgan fingerprint density at radius 1 is 1.53 bits per heavy atom. The molecular formula is C10H17N7O2. The van der Waals surface area contributed by atoms with Gasteiger partial charge in [-0.05, 0) is 0 Å². The number of aromatic nitrogens is 2. The summed E-state index contributed by atoms with van der Waals surface area (Å²) in [6, 6.07) is 0. The highest BCUT2D eigenvalue weighted by molar-refractivity contribution is 5.77. The highest BCUT2D eigenvalue weighted by atomic mass is 16.1. The van der Waals surface area contributed by atoms with Gasteiger partial charge in [0.1, 0.15) is 5.69 Å². The Morgan fingerprint density at radius 3 is 3.05 bits per heavy atom. The first-order valence-corrected chi connectivity index (χ1v) is 5.97. The number of hydrogen-bond donors (Lipinski definition) is 5. The third-order valence-corrected chi connectivity index (χ3v) is 2.74. The van der Waals surface area contributed by atoms with Crippen LogP contribution in [0.5, 0.6) is 0 Å². The van der Waals surface area contributed by atoms with Crippen LogP contribution in [0.4, 0.5) is 17.5 Å². The van der Waals surface area contributed by atoms with Gasteiger partial charge in [0, 0.05) is 26.1 Å². The Hall–Kier alpha value is -2.29. The van der Waals surface area contributed by atoms with Crippen LogP contribution in [0.15, 0.2) is 4.79 Å². The number of carbonyl (C=O) groups excluding carboxylic acids is 1. The number of aromatic amines is 1. The number of anilines is 3. The van der Waals surface area contributed by atoms with E-state index in [1.165, 1.54) is 0 Å². The number of hydrogen-bond acceptors (Lipinski definition) is 7. The Bertz CT molecular complexity index is 527. The molecule has 2 rings (SSSR count). The maximum Gasteiger partial charge on any atom is 0.277 e. The Kier molecular flexibility index (Phi) is 3.85. The van der Waals surface area contributed by atoms with Crippen molar-refractivity contribution in [3.63, 3.8) is 0 Å². The summed E-state index contributed by atoms with van der Waals surface area (Å²) in [5.74, 6) is 0.453. The van der Waals surface area contributed by atoms with E-state index >= 15 is 0 Å². The second-order valence-electron chi connectivity index (χ2n) is 4.14. The molecule has 1 aromatic rings. The fourth-order valence-electron chi connectivity index (χ4n) is 1.84. The number of nitrogens with two attached hydrogens (primary N) is 2. The summed E-state index contributed by atoms with van der Waals surface area (Å²) in [5, 5.41) is 5.60. The average Bonchev–Trinajstić information content (AvgIpc) is 2.77. The van der Waals surface area contributed by atoms with Gasteiger partial charge >= 0.3 is 0 Å². The summed E-state index contributed by atoms with van der Waals surface area (Å²) in [6.45, 7) is 1.75. The van der Waals surface area contributed by atoms with Gasteiger partial charge in [0.2, 0.25) is 11.9 Å². The predicted molar refractivity (Wildman–Crippen MR) is 71.8 cm³/mol. The molecule has 1 aliphatic heterocycles. The summed E-state index contributed by atoms with van der Waals surface area (Å²) >= 11 is 0. The molecule has 0 aromatic carbocycles. The van der Waals surface area contributed by atoms with E-state index in [1.807, 2.05) is 0 Å². The molecule has 19 heavy (non-hydrogen) atoms. The van der Waals surface area contributed by atoms with Crippen molar-refractivity contribution >= 4 is 23.4 Å². The van der Waals surface area contributed by atoms with E-state index in [2.05, 4.69) is 20.6 Å². The van der Waals surface area contributed by atoms with Gasteiger partial charge in [-0.15, -0.1) is 0 Å². The van der Waals surface area contributed by atoms with Crippen molar-refractivity contribution in [2.75, 3.05) is 42.3 Å². The lowest BCUT2D eigenvalue weighted by atomic mass is 10.3. The van der Waals surface area contributed by atoms with Gasteiger partial charge < -0.3 is 27.0 Å². The van der Waals surface area contributed by atoms with Crippen molar-refractivity contribution < 1.29 is 4.79 Å². The molecule has 0 saturated carbocycles. The van der Waals surface area contributed by atoms with Gasteiger partial charge in [-0.3, -0.25) is 14.6 Å². The highest BCUT2D eigenvalue weighted by Gasteiger charge is 2.23. The van der Waals surface area contributed by atoms with Crippen molar-refractivity contribution in [3.05, 3.63) is 10.4 Å². The SMILES string of the molecule is NCCNC(=O)CCN1CNc2c1nc(N)[nH]c2=O. The van der Waals surface area contributed by atoms with Crippen LogP contribution in [0.2, 0.25) is 0 Å². The summed E-state index contributed by atoms with van der Waals surface area (Å²) in [4.78, 5) is 31.4. The number of nitrogens with one attached hydrogen (secondary N) is 3. The maximum atomic E-state index is 11.6. The molecule has 0 saturated heterocycles. The van der Waals surface area contributed by atoms with Gasteiger partial charge in [0.05, 0.1) is 6.67 Å². The zero-order valence-corrected chi connectivity index (χ0v) is 10.4. The number of amides is 1. The summed E-state index contributed by atoms with van der Waals surface area (Å²) in [5.41, 5.74) is 10.9. The van der Waals surface area contributed by atoms with E-state index in [4.69, 9.17) is 11.5 Å². The zero-order valence-electron chi connectivity index (χ0n) is 10.4. The van der Waals surface area contributed by atoms with Crippen molar-refractivity contribution in [1.82, 2.24) is 15.3 Å². The normalized spacial score (nSPS) is 13.0. The smallest absolute Gasteiger partial charge is 0.277 e. The molecule has 7 N–H and O–H groups in total. The molecule has 0 atom stereocenters. The van der Waals surface area contributed by atoms with Gasteiger partial charge in [-0.2, -0.15) is 4.98 Å². The summed E-state index contributed by atoms with van der Waals surface area (Å²) in [7, 11) is 0. The lowest BCUT2D eigenvalue weighted by molar-refractivity contribution is -0.120. The second kappa shape index (κ2) is 5.57. The molecule has 0 unspecified atom stereocenters. The van der Waals surface area contributed by atoms with Crippen molar-refractivity contribution in [2.45, 2.75) is 6.42 Å². The molecular weight excluding hydrogens is 250 g/mol. The molecule has 0 radical (unpaired) electrons. The first kappa shape index (κ1) is 13.1. The molecule has 1 aliphatic rings. The Labute approximate surface area is 109 Å². The maximum absolute atomic E-state index is 11.6. The van der Waals surface area contributed by atoms with Crippen molar-refractivity contribution in [3.8, 4) is 0 Å². The molecule has 0 aliphatic carbocycles. The monoisotopic (exact) mass is 267 g/mol. The molecule has 0 bridgehead atoms. The van der Waals surface area contributed by atoms with Gasteiger partial charge in [0.15, 0.2) is 5.82 Å².